The van der Waals surface area contributed by atoms with E-state index in [4.69, 9.17) is 9.47 Å². The van der Waals surface area contributed by atoms with Gasteiger partial charge in [0.05, 0.1) is 19.8 Å². The molecule has 1 aliphatic heterocycles. The molecular formula is C26H22N2O4. The fourth-order valence-electron chi connectivity index (χ4n) is 3.77. The number of methoxy groups -OCH3 is 2. The van der Waals surface area contributed by atoms with E-state index in [1.807, 2.05) is 59.5 Å². The second-order valence-corrected chi connectivity index (χ2v) is 7.21. The van der Waals surface area contributed by atoms with Crippen molar-refractivity contribution in [1.82, 2.24) is 4.98 Å². The molecular weight excluding hydrogens is 404 g/mol. The Kier molecular flexibility index (Phi) is 5.85. The topological polar surface area (TPSA) is 68.7 Å². The highest BCUT2D eigenvalue weighted by Gasteiger charge is 2.34. The van der Waals surface area contributed by atoms with E-state index in [9.17, 15) is 9.59 Å². The molecule has 2 aromatic carbocycles. The first-order chi connectivity index (χ1) is 15.5. The number of hydrogen-bond donors (Lipinski definition) is 0. The molecule has 0 fully saturated rings. The first kappa shape index (κ1) is 21.1. The van der Waals surface area contributed by atoms with Gasteiger partial charge >= 0.3 is 11.9 Å². The SMILES string of the molecule is C=C1C(Cc2ccc(C(=O)OC)cc2)=C(C(=O)OC)N(c2ccccc2)c2ncccc21. The van der Waals surface area contributed by atoms with E-state index >= 15 is 0 Å². The van der Waals surface area contributed by atoms with E-state index in [0.717, 1.165) is 22.4 Å². The summed E-state index contributed by atoms with van der Waals surface area (Å²) in [6.45, 7) is 4.28. The molecule has 0 saturated carbocycles. The Morgan fingerprint density at radius 3 is 2.25 bits per heavy atom. The van der Waals surface area contributed by atoms with Gasteiger partial charge in [-0.25, -0.2) is 14.6 Å². The third kappa shape index (κ3) is 3.78. The van der Waals surface area contributed by atoms with Crippen molar-refractivity contribution in [3.8, 4) is 0 Å². The lowest BCUT2D eigenvalue weighted by atomic mass is 9.88. The maximum atomic E-state index is 13.0. The maximum absolute atomic E-state index is 13.0. The molecule has 0 unspecified atom stereocenters. The third-order valence-electron chi connectivity index (χ3n) is 5.35. The van der Waals surface area contributed by atoms with Crippen molar-refractivity contribution >= 4 is 29.0 Å². The summed E-state index contributed by atoms with van der Waals surface area (Å²) >= 11 is 0. The van der Waals surface area contributed by atoms with Gasteiger partial charge in [-0.1, -0.05) is 36.9 Å². The van der Waals surface area contributed by atoms with Crippen molar-refractivity contribution in [3.05, 3.63) is 107 Å². The number of hydrogen-bond acceptors (Lipinski definition) is 6. The number of pyridine rings is 1. The molecule has 0 amide bonds. The molecule has 32 heavy (non-hydrogen) atoms. The van der Waals surface area contributed by atoms with Crippen molar-refractivity contribution in [3.63, 3.8) is 0 Å². The predicted octanol–water partition coefficient (Wildman–Crippen LogP) is 4.70. The molecule has 0 saturated heterocycles. The normalized spacial score (nSPS) is 12.9. The minimum atomic E-state index is -0.479. The van der Waals surface area contributed by atoms with E-state index < -0.39 is 11.9 Å². The van der Waals surface area contributed by atoms with Crippen LogP contribution in [0.3, 0.4) is 0 Å². The molecule has 0 radical (unpaired) electrons. The molecule has 2 heterocycles. The average Bonchev–Trinajstić information content (AvgIpc) is 2.85. The van der Waals surface area contributed by atoms with Gasteiger partial charge in [-0.05, 0) is 53.1 Å². The van der Waals surface area contributed by atoms with Gasteiger partial charge in [0.25, 0.3) is 0 Å². The van der Waals surface area contributed by atoms with Crippen LogP contribution in [0.1, 0.15) is 21.5 Å². The van der Waals surface area contributed by atoms with E-state index in [2.05, 4.69) is 11.6 Å². The number of aromatic nitrogens is 1. The lowest BCUT2D eigenvalue weighted by Crippen LogP contribution is -2.31. The van der Waals surface area contributed by atoms with Gasteiger partial charge in [-0.15, -0.1) is 0 Å². The molecule has 6 heteroatoms. The summed E-state index contributed by atoms with van der Waals surface area (Å²) in [6.07, 6.45) is 2.11. The molecule has 0 atom stereocenters. The minimum absolute atomic E-state index is 0.368. The van der Waals surface area contributed by atoms with Crippen molar-refractivity contribution in [2.24, 2.45) is 0 Å². The van der Waals surface area contributed by atoms with E-state index in [0.29, 0.717) is 29.1 Å². The number of ether oxygens (including phenoxy) is 2. The molecule has 0 N–H and O–H groups in total. The number of allylic oxidation sites excluding steroid dienone is 2. The van der Waals surface area contributed by atoms with Crippen LogP contribution in [0.25, 0.3) is 5.57 Å². The average molecular weight is 426 g/mol. The summed E-state index contributed by atoms with van der Waals surface area (Å²) in [6, 6.07) is 20.4. The number of rotatable bonds is 5. The van der Waals surface area contributed by atoms with Crippen LogP contribution < -0.4 is 4.90 Å². The highest BCUT2D eigenvalue weighted by molar-refractivity contribution is 6.05. The van der Waals surface area contributed by atoms with Gasteiger partial charge in [-0.2, -0.15) is 0 Å². The smallest absolute Gasteiger partial charge is 0.355 e. The molecule has 0 bridgehead atoms. The summed E-state index contributed by atoms with van der Waals surface area (Å²) in [5.41, 5.74) is 4.80. The van der Waals surface area contributed by atoms with Crippen molar-refractivity contribution in [2.45, 2.75) is 6.42 Å². The summed E-state index contributed by atoms with van der Waals surface area (Å²) in [5.74, 6) is -0.260. The summed E-state index contributed by atoms with van der Waals surface area (Å²) in [4.78, 5) is 31.2. The van der Waals surface area contributed by atoms with Gasteiger partial charge in [0.1, 0.15) is 11.5 Å². The van der Waals surface area contributed by atoms with Crippen LogP contribution in [-0.2, 0) is 20.7 Å². The highest BCUT2D eigenvalue weighted by atomic mass is 16.5. The van der Waals surface area contributed by atoms with Crippen molar-refractivity contribution in [1.29, 1.82) is 0 Å². The van der Waals surface area contributed by atoms with Crippen LogP contribution in [0.2, 0.25) is 0 Å². The van der Waals surface area contributed by atoms with Crippen LogP contribution >= 0.6 is 0 Å². The molecule has 0 spiro atoms. The molecule has 4 rings (SSSR count). The Bertz CT molecular complexity index is 1210. The van der Waals surface area contributed by atoms with Crippen LogP contribution in [0.15, 0.2) is 90.8 Å². The first-order valence-electron chi connectivity index (χ1n) is 10.0. The standard InChI is InChI=1S/C26H22N2O4/c1-17-21-10-7-15-27-24(21)28(20-8-5-4-6-9-20)23(26(30)32-3)22(17)16-18-11-13-19(14-12-18)25(29)31-2/h4-15H,1,16H2,2-3H3. The third-order valence-corrected chi connectivity index (χ3v) is 5.35. The molecule has 1 aromatic heterocycles. The second kappa shape index (κ2) is 8.89. The Labute approximate surface area is 186 Å². The quantitative estimate of drug-likeness (QED) is 0.551. The summed E-state index contributed by atoms with van der Waals surface area (Å²) < 4.78 is 9.94. The zero-order valence-electron chi connectivity index (χ0n) is 17.9. The van der Waals surface area contributed by atoms with E-state index in [1.54, 1.807) is 18.3 Å². The minimum Gasteiger partial charge on any atom is -0.465 e. The summed E-state index contributed by atoms with van der Waals surface area (Å²) in [7, 11) is 2.71. The van der Waals surface area contributed by atoms with Crippen LogP contribution in [-0.4, -0.2) is 31.1 Å². The van der Waals surface area contributed by atoms with Crippen LogP contribution in [0.5, 0.6) is 0 Å². The summed E-state index contributed by atoms with van der Waals surface area (Å²) in [5, 5.41) is 0. The molecule has 0 aliphatic carbocycles. The van der Waals surface area contributed by atoms with Gasteiger partial charge in [0, 0.05) is 23.9 Å². The maximum Gasteiger partial charge on any atom is 0.355 e. The van der Waals surface area contributed by atoms with Crippen molar-refractivity contribution in [2.75, 3.05) is 19.1 Å². The van der Waals surface area contributed by atoms with Gasteiger partial charge < -0.3 is 9.47 Å². The number of esters is 2. The molecule has 3 aromatic rings. The highest BCUT2D eigenvalue weighted by Crippen LogP contribution is 2.43. The Morgan fingerprint density at radius 1 is 0.906 bits per heavy atom. The lowest BCUT2D eigenvalue weighted by molar-refractivity contribution is -0.136. The first-order valence-corrected chi connectivity index (χ1v) is 10.0. The number of carbonyl (C=O) groups is 2. The fourth-order valence-corrected chi connectivity index (χ4v) is 3.77. The zero-order valence-corrected chi connectivity index (χ0v) is 17.9. The zero-order chi connectivity index (χ0) is 22.7. The van der Waals surface area contributed by atoms with Gasteiger partial charge in [-0.3, -0.25) is 4.90 Å². The number of benzene rings is 2. The van der Waals surface area contributed by atoms with Gasteiger partial charge in [0.2, 0.25) is 0 Å². The van der Waals surface area contributed by atoms with Crippen LogP contribution in [0.4, 0.5) is 11.5 Å². The second-order valence-electron chi connectivity index (χ2n) is 7.21. The number of nitrogens with zero attached hydrogens (tertiary/aromatic N) is 2. The number of anilines is 2. The number of fused-ring (bicyclic) bond motifs is 1. The Hall–Kier alpha value is -4.19. The Balaban J connectivity index is 1.87. The van der Waals surface area contributed by atoms with Gasteiger partial charge in [0.15, 0.2) is 0 Å². The predicted molar refractivity (Wildman–Crippen MR) is 122 cm³/mol. The Morgan fingerprint density at radius 2 is 1.59 bits per heavy atom. The van der Waals surface area contributed by atoms with E-state index in [-0.39, 0.29) is 0 Å². The fraction of sp³-hybridized carbons (Fsp3) is 0.115. The van der Waals surface area contributed by atoms with E-state index in [1.165, 1.54) is 14.2 Å². The van der Waals surface area contributed by atoms with Crippen molar-refractivity contribution < 1.29 is 19.1 Å². The molecule has 6 nitrogen and oxygen atoms in total. The monoisotopic (exact) mass is 426 g/mol. The number of carbonyl (C=O) groups excluding carboxylic acids is 2. The number of para-hydroxylation sites is 1. The van der Waals surface area contributed by atoms with Crippen LogP contribution in [0, 0.1) is 0 Å². The lowest BCUT2D eigenvalue weighted by Gasteiger charge is -2.34. The molecule has 1 aliphatic rings. The molecule has 160 valence electrons. The largest absolute Gasteiger partial charge is 0.465 e.